The number of methoxy groups -OCH3 is 1. The van der Waals surface area contributed by atoms with Crippen molar-refractivity contribution < 1.29 is 33.4 Å². The summed E-state index contributed by atoms with van der Waals surface area (Å²) in [5, 5.41) is 0. The van der Waals surface area contributed by atoms with Crippen molar-refractivity contribution in [2.75, 3.05) is 26.8 Å². The van der Waals surface area contributed by atoms with Gasteiger partial charge < -0.3 is 19.1 Å². The van der Waals surface area contributed by atoms with E-state index in [1.807, 2.05) is 27.7 Å². The molecule has 0 aromatic heterocycles. The van der Waals surface area contributed by atoms with Crippen LogP contribution < -0.4 is 0 Å². The third-order valence-electron chi connectivity index (χ3n) is 7.49. The van der Waals surface area contributed by atoms with Gasteiger partial charge in [-0.05, 0) is 71.6 Å². The van der Waals surface area contributed by atoms with E-state index in [4.69, 9.17) is 14.2 Å². The Balaban J connectivity index is 2.91. The standard InChI is InChI=1S/C30H53NO7/c1-11-29(8,26(35)38-28(6,7)20-27(3,4)5)21-30(9,25(34)36-10)19-22(2)24(33)37-18-17-31-16-14-12-13-15-23(31)32/h22H,11-21H2,1-10H3. The average molecular weight is 540 g/mol. The van der Waals surface area contributed by atoms with E-state index in [9.17, 15) is 19.2 Å². The lowest BCUT2D eigenvalue weighted by molar-refractivity contribution is -0.175. The molecule has 8 nitrogen and oxygen atoms in total. The highest BCUT2D eigenvalue weighted by atomic mass is 16.6. The molecule has 1 heterocycles. The van der Waals surface area contributed by atoms with Gasteiger partial charge in [-0.15, -0.1) is 0 Å². The molecule has 0 N–H and O–H groups in total. The molecule has 8 heteroatoms. The maximum Gasteiger partial charge on any atom is 0.312 e. The molecule has 0 saturated carbocycles. The minimum atomic E-state index is -1.11. The summed E-state index contributed by atoms with van der Waals surface area (Å²) in [6, 6.07) is 0. The SMILES string of the molecule is CCC(C)(CC(C)(CC(C)C(=O)OCCN1CCCCCC1=O)C(=O)OC)C(=O)OC(C)(C)CC(C)(C)C. The molecule has 220 valence electrons. The van der Waals surface area contributed by atoms with Crippen LogP contribution in [0.4, 0.5) is 0 Å². The number of carbonyl (C=O) groups is 4. The Bertz CT molecular complexity index is 831. The van der Waals surface area contributed by atoms with Gasteiger partial charge in [-0.3, -0.25) is 19.2 Å². The highest BCUT2D eigenvalue weighted by Crippen LogP contribution is 2.44. The molecule has 0 aromatic carbocycles. The first-order valence-corrected chi connectivity index (χ1v) is 14.1. The lowest BCUT2D eigenvalue weighted by Gasteiger charge is -2.40. The van der Waals surface area contributed by atoms with Crippen LogP contribution in [0.2, 0.25) is 0 Å². The molecular weight excluding hydrogens is 486 g/mol. The minimum absolute atomic E-state index is 0.0246. The van der Waals surface area contributed by atoms with Gasteiger partial charge in [0, 0.05) is 13.0 Å². The molecule has 1 aliphatic heterocycles. The zero-order valence-electron chi connectivity index (χ0n) is 25.7. The largest absolute Gasteiger partial charge is 0.469 e. The minimum Gasteiger partial charge on any atom is -0.469 e. The number of ether oxygens (including phenoxy) is 3. The number of likely N-dealkylation sites (tertiary alicyclic amines) is 1. The van der Waals surface area contributed by atoms with Gasteiger partial charge in [0.1, 0.15) is 12.2 Å². The molecule has 0 bridgehead atoms. The third kappa shape index (κ3) is 10.6. The van der Waals surface area contributed by atoms with Crippen molar-refractivity contribution in [1.29, 1.82) is 0 Å². The van der Waals surface area contributed by atoms with E-state index in [-0.39, 0.29) is 36.7 Å². The van der Waals surface area contributed by atoms with Gasteiger partial charge >= 0.3 is 17.9 Å². The van der Waals surface area contributed by atoms with Crippen LogP contribution in [0.3, 0.4) is 0 Å². The fourth-order valence-electron chi connectivity index (χ4n) is 5.80. The summed E-state index contributed by atoms with van der Waals surface area (Å²) in [7, 11) is 1.32. The molecule has 1 amide bonds. The van der Waals surface area contributed by atoms with Gasteiger partial charge in [0.2, 0.25) is 5.91 Å². The fourth-order valence-corrected chi connectivity index (χ4v) is 5.80. The van der Waals surface area contributed by atoms with E-state index >= 15 is 0 Å². The summed E-state index contributed by atoms with van der Waals surface area (Å²) in [5.41, 5.74) is -2.75. The second-order valence-electron chi connectivity index (χ2n) is 13.5. The van der Waals surface area contributed by atoms with Crippen molar-refractivity contribution in [1.82, 2.24) is 4.90 Å². The van der Waals surface area contributed by atoms with Crippen LogP contribution in [0.5, 0.6) is 0 Å². The normalized spacial score (nSPS) is 19.0. The third-order valence-corrected chi connectivity index (χ3v) is 7.49. The Hall–Kier alpha value is -2.12. The monoisotopic (exact) mass is 539 g/mol. The predicted molar refractivity (Wildman–Crippen MR) is 147 cm³/mol. The number of esters is 3. The highest BCUT2D eigenvalue weighted by Gasteiger charge is 2.48. The van der Waals surface area contributed by atoms with Crippen molar-refractivity contribution in [2.24, 2.45) is 22.2 Å². The van der Waals surface area contributed by atoms with Crippen LogP contribution >= 0.6 is 0 Å². The maximum absolute atomic E-state index is 13.5. The van der Waals surface area contributed by atoms with Crippen LogP contribution in [0, 0.1) is 22.2 Å². The van der Waals surface area contributed by atoms with Crippen LogP contribution in [0.1, 0.15) is 114 Å². The molecule has 0 aromatic rings. The summed E-state index contributed by atoms with van der Waals surface area (Å²) in [6.07, 6.45) is 4.91. The Labute approximate surface area is 230 Å². The van der Waals surface area contributed by atoms with Crippen LogP contribution in [-0.4, -0.2) is 61.1 Å². The van der Waals surface area contributed by atoms with Gasteiger partial charge in [0.15, 0.2) is 0 Å². The number of amides is 1. The molecule has 0 aliphatic carbocycles. The molecule has 0 radical (unpaired) electrons. The molecule has 38 heavy (non-hydrogen) atoms. The number of rotatable bonds is 13. The Morgan fingerprint density at radius 2 is 1.55 bits per heavy atom. The van der Waals surface area contributed by atoms with Crippen molar-refractivity contribution in [3.8, 4) is 0 Å². The van der Waals surface area contributed by atoms with Crippen LogP contribution in [0.25, 0.3) is 0 Å². The van der Waals surface area contributed by atoms with Gasteiger partial charge in [-0.1, -0.05) is 41.0 Å². The molecular formula is C30H53NO7. The van der Waals surface area contributed by atoms with Gasteiger partial charge in [-0.25, -0.2) is 0 Å². The molecule has 3 unspecified atom stereocenters. The van der Waals surface area contributed by atoms with Gasteiger partial charge in [-0.2, -0.15) is 0 Å². The summed E-state index contributed by atoms with van der Waals surface area (Å²) < 4.78 is 16.6. The first-order valence-electron chi connectivity index (χ1n) is 14.1. The maximum atomic E-state index is 13.5. The van der Waals surface area contributed by atoms with Crippen molar-refractivity contribution in [2.45, 2.75) is 119 Å². The smallest absolute Gasteiger partial charge is 0.312 e. The average Bonchev–Trinajstić information content (AvgIpc) is 2.99. The second kappa shape index (κ2) is 13.8. The van der Waals surface area contributed by atoms with Crippen molar-refractivity contribution >= 4 is 23.8 Å². The molecule has 1 aliphatic rings. The second-order valence-corrected chi connectivity index (χ2v) is 13.5. The predicted octanol–water partition coefficient (Wildman–Crippen LogP) is 5.70. The zero-order valence-corrected chi connectivity index (χ0v) is 25.7. The summed E-state index contributed by atoms with van der Waals surface area (Å²) in [5.74, 6) is -1.78. The number of hydrogen-bond donors (Lipinski definition) is 0. The quantitative estimate of drug-likeness (QED) is 0.219. The first kappa shape index (κ1) is 33.9. The van der Waals surface area contributed by atoms with E-state index in [2.05, 4.69) is 20.8 Å². The van der Waals surface area contributed by atoms with Crippen LogP contribution in [0.15, 0.2) is 0 Å². The number of carbonyl (C=O) groups excluding carboxylic acids is 4. The van der Waals surface area contributed by atoms with Crippen molar-refractivity contribution in [3.63, 3.8) is 0 Å². The van der Waals surface area contributed by atoms with E-state index in [0.717, 1.165) is 19.3 Å². The fraction of sp³-hybridized carbons (Fsp3) is 0.867. The topological polar surface area (TPSA) is 99.2 Å². The van der Waals surface area contributed by atoms with Crippen LogP contribution in [-0.2, 0) is 33.4 Å². The Morgan fingerprint density at radius 1 is 0.921 bits per heavy atom. The molecule has 3 atom stereocenters. The van der Waals surface area contributed by atoms with Gasteiger partial charge in [0.05, 0.1) is 30.4 Å². The summed E-state index contributed by atoms with van der Waals surface area (Å²) >= 11 is 0. The molecule has 0 spiro atoms. The summed E-state index contributed by atoms with van der Waals surface area (Å²) in [6.45, 7) is 18.4. The molecule has 1 fully saturated rings. The lowest BCUT2D eigenvalue weighted by Crippen LogP contribution is -2.44. The highest BCUT2D eigenvalue weighted by molar-refractivity contribution is 5.82. The molecule has 1 rings (SSSR count). The van der Waals surface area contributed by atoms with E-state index in [1.54, 1.807) is 18.7 Å². The Kier molecular flexibility index (Phi) is 12.3. The van der Waals surface area contributed by atoms with E-state index in [0.29, 0.717) is 32.4 Å². The summed E-state index contributed by atoms with van der Waals surface area (Å²) in [4.78, 5) is 53.2. The van der Waals surface area contributed by atoms with Crippen molar-refractivity contribution in [3.05, 3.63) is 0 Å². The van der Waals surface area contributed by atoms with Gasteiger partial charge in [0.25, 0.3) is 0 Å². The van der Waals surface area contributed by atoms with E-state index in [1.165, 1.54) is 7.11 Å². The lowest BCUT2D eigenvalue weighted by atomic mass is 9.68. The molecule has 1 saturated heterocycles. The van der Waals surface area contributed by atoms with E-state index < -0.39 is 34.3 Å². The first-order chi connectivity index (χ1) is 17.4. The zero-order chi connectivity index (χ0) is 29.4. The number of hydrogen-bond acceptors (Lipinski definition) is 7. The Morgan fingerprint density at radius 3 is 2.11 bits per heavy atom. The number of nitrogens with zero attached hydrogens (tertiary/aromatic N) is 1.